The molecule has 0 saturated carbocycles. The molecule has 0 bridgehead atoms. The number of carbonyl (C=O) groups is 1. The third-order valence-electron chi connectivity index (χ3n) is 2.82. The van der Waals surface area contributed by atoms with Crippen LogP contribution in [0.2, 0.25) is 0 Å². The summed E-state index contributed by atoms with van der Waals surface area (Å²) in [6.07, 6.45) is 2.21. The summed E-state index contributed by atoms with van der Waals surface area (Å²) in [5, 5.41) is 2.87. The molecule has 0 unspecified atom stereocenters. The summed E-state index contributed by atoms with van der Waals surface area (Å²) in [6, 6.07) is 5.86. The van der Waals surface area contributed by atoms with E-state index in [0.29, 0.717) is 19.6 Å². The number of nitrogens with one attached hydrogen (secondary N) is 1. The van der Waals surface area contributed by atoms with Crippen molar-refractivity contribution in [3.05, 3.63) is 23.8 Å². The summed E-state index contributed by atoms with van der Waals surface area (Å²) in [6.45, 7) is 3.99. The van der Waals surface area contributed by atoms with Crippen molar-refractivity contribution in [3.8, 4) is 11.5 Å². The Morgan fingerprint density at radius 2 is 2.06 bits per heavy atom. The predicted octanol–water partition coefficient (Wildman–Crippen LogP) is 1.92. The van der Waals surface area contributed by atoms with Crippen LogP contribution in [0.4, 0.5) is 0 Å². The van der Waals surface area contributed by atoms with Gasteiger partial charge in [0, 0.05) is 13.0 Å². The van der Waals surface area contributed by atoms with E-state index < -0.39 is 0 Å². The van der Waals surface area contributed by atoms with Gasteiger partial charge in [0.15, 0.2) is 11.5 Å². The largest absolute Gasteiger partial charge is 0.486 e. The van der Waals surface area contributed by atoms with Gasteiger partial charge in [-0.3, -0.25) is 4.79 Å². The highest BCUT2D eigenvalue weighted by Gasteiger charge is 2.12. The van der Waals surface area contributed by atoms with Crippen molar-refractivity contribution < 1.29 is 14.3 Å². The Morgan fingerprint density at radius 3 is 2.83 bits per heavy atom. The lowest BCUT2D eigenvalue weighted by Gasteiger charge is -2.18. The zero-order chi connectivity index (χ0) is 12.8. The van der Waals surface area contributed by atoms with Crippen LogP contribution in [0.15, 0.2) is 18.2 Å². The van der Waals surface area contributed by atoms with Crippen molar-refractivity contribution in [2.45, 2.75) is 26.2 Å². The maximum absolute atomic E-state index is 11.5. The van der Waals surface area contributed by atoms with E-state index in [2.05, 4.69) is 5.32 Å². The summed E-state index contributed by atoms with van der Waals surface area (Å²) in [5.41, 5.74) is 1.10. The van der Waals surface area contributed by atoms with Gasteiger partial charge in [-0.15, -0.1) is 0 Å². The van der Waals surface area contributed by atoms with Crippen molar-refractivity contribution in [2.75, 3.05) is 19.8 Å². The smallest absolute Gasteiger partial charge is 0.220 e. The van der Waals surface area contributed by atoms with Crippen LogP contribution < -0.4 is 14.8 Å². The van der Waals surface area contributed by atoms with E-state index in [9.17, 15) is 4.79 Å². The lowest BCUT2D eigenvalue weighted by molar-refractivity contribution is -0.121. The molecule has 0 aromatic heterocycles. The fourth-order valence-corrected chi connectivity index (χ4v) is 1.85. The maximum atomic E-state index is 11.5. The number of carbonyl (C=O) groups excluding carboxylic acids is 1. The zero-order valence-electron chi connectivity index (χ0n) is 10.7. The van der Waals surface area contributed by atoms with E-state index in [1.165, 1.54) is 0 Å². The molecule has 1 aromatic carbocycles. The van der Waals surface area contributed by atoms with Crippen molar-refractivity contribution in [1.82, 2.24) is 5.32 Å². The van der Waals surface area contributed by atoms with Gasteiger partial charge in [0.05, 0.1) is 0 Å². The normalized spacial score (nSPS) is 13.2. The summed E-state index contributed by atoms with van der Waals surface area (Å²) >= 11 is 0. The fraction of sp³-hybridized carbons (Fsp3) is 0.500. The number of hydrogen-bond acceptors (Lipinski definition) is 3. The van der Waals surface area contributed by atoms with E-state index in [1.54, 1.807) is 0 Å². The first kappa shape index (κ1) is 12.7. The minimum Gasteiger partial charge on any atom is -0.486 e. The first-order chi connectivity index (χ1) is 8.79. The molecular weight excluding hydrogens is 230 g/mol. The number of aryl methyl sites for hydroxylation is 1. The van der Waals surface area contributed by atoms with E-state index in [-0.39, 0.29) is 5.91 Å². The molecule has 0 saturated heterocycles. The fourth-order valence-electron chi connectivity index (χ4n) is 1.85. The lowest BCUT2D eigenvalue weighted by atomic mass is 10.1. The van der Waals surface area contributed by atoms with Crippen LogP contribution in [0.25, 0.3) is 0 Å². The first-order valence-electron chi connectivity index (χ1n) is 6.45. The van der Waals surface area contributed by atoms with Gasteiger partial charge in [-0.2, -0.15) is 0 Å². The Balaban J connectivity index is 1.88. The van der Waals surface area contributed by atoms with Gasteiger partial charge in [0.1, 0.15) is 13.2 Å². The third-order valence-corrected chi connectivity index (χ3v) is 2.82. The van der Waals surface area contributed by atoms with Gasteiger partial charge in [-0.25, -0.2) is 0 Å². The third kappa shape index (κ3) is 3.39. The van der Waals surface area contributed by atoms with Crippen LogP contribution in [0, 0.1) is 0 Å². The topological polar surface area (TPSA) is 47.6 Å². The van der Waals surface area contributed by atoms with E-state index in [0.717, 1.165) is 36.4 Å². The molecule has 0 radical (unpaired) electrons. The second-order valence-electron chi connectivity index (χ2n) is 4.33. The molecule has 0 aliphatic carbocycles. The molecule has 0 fully saturated rings. The molecular formula is C14H19NO3. The first-order valence-corrected chi connectivity index (χ1v) is 6.45. The van der Waals surface area contributed by atoms with Crippen LogP contribution in [0.5, 0.6) is 11.5 Å². The van der Waals surface area contributed by atoms with Crippen LogP contribution >= 0.6 is 0 Å². The minimum atomic E-state index is 0.103. The Morgan fingerprint density at radius 1 is 1.28 bits per heavy atom. The molecule has 4 nitrogen and oxygen atoms in total. The van der Waals surface area contributed by atoms with Gasteiger partial charge in [0.25, 0.3) is 0 Å². The number of rotatable bonds is 5. The molecule has 2 rings (SSSR count). The Bertz CT molecular complexity index is 418. The van der Waals surface area contributed by atoms with Crippen molar-refractivity contribution in [1.29, 1.82) is 0 Å². The Labute approximate surface area is 107 Å². The maximum Gasteiger partial charge on any atom is 0.220 e. The molecule has 1 N–H and O–H groups in total. The summed E-state index contributed by atoms with van der Waals surface area (Å²) < 4.78 is 11.0. The lowest BCUT2D eigenvalue weighted by Crippen LogP contribution is -2.24. The standard InChI is InChI=1S/C14H19NO3/c1-2-7-15-14(16)6-4-11-3-5-12-13(10-11)18-9-8-17-12/h3,5,10H,2,4,6-9H2,1H3,(H,15,16). The van der Waals surface area contributed by atoms with Crippen LogP contribution in [0.1, 0.15) is 25.3 Å². The number of amides is 1. The SMILES string of the molecule is CCCNC(=O)CCc1ccc2c(c1)OCCO2. The van der Waals surface area contributed by atoms with Crippen LogP contribution in [-0.2, 0) is 11.2 Å². The summed E-state index contributed by atoms with van der Waals surface area (Å²) in [5.74, 6) is 1.68. The monoisotopic (exact) mass is 249 g/mol. The number of fused-ring (bicyclic) bond motifs is 1. The molecule has 0 atom stereocenters. The Kier molecular flexibility index (Phi) is 4.45. The van der Waals surface area contributed by atoms with Gasteiger partial charge < -0.3 is 14.8 Å². The molecule has 98 valence electrons. The molecule has 0 spiro atoms. The van der Waals surface area contributed by atoms with Gasteiger partial charge in [-0.05, 0) is 30.5 Å². The number of benzene rings is 1. The molecule has 18 heavy (non-hydrogen) atoms. The second-order valence-corrected chi connectivity index (χ2v) is 4.33. The number of hydrogen-bond donors (Lipinski definition) is 1. The average molecular weight is 249 g/mol. The number of ether oxygens (including phenoxy) is 2. The summed E-state index contributed by atoms with van der Waals surface area (Å²) in [7, 11) is 0. The molecule has 1 aromatic rings. The van der Waals surface area contributed by atoms with Crippen molar-refractivity contribution in [3.63, 3.8) is 0 Å². The second kappa shape index (κ2) is 6.28. The molecule has 1 aliphatic heterocycles. The van der Waals surface area contributed by atoms with E-state index in [4.69, 9.17) is 9.47 Å². The zero-order valence-corrected chi connectivity index (χ0v) is 10.7. The van der Waals surface area contributed by atoms with Crippen molar-refractivity contribution in [2.24, 2.45) is 0 Å². The Hall–Kier alpha value is -1.71. The van der Waals surface area contributed by atoms with Gasteiger partial charge in [0.2, 0.25) is 5.91 Å². The molecule has 1 aliphatic rings. The molecule has 4 heteroatoms. The minimum absolute atomic E-state index is 0.103. The highest BCUT2D eigenvalue weighted by Crippen LogP contribution is 2.30. The predicted molar refractivity (Wildman–Crippen MR) is 69.1 cm³/mol. The van der Waals surface area contributed by atoms with E-state index >= 15 is 0 Å². The molecule has 1 amide bonds. The quantitative estimate of drug-likeness (QED) is 0.867. The van der Waals surface area contributed by atoms with Gasteiger partial charge >= 0.3 is 0 Å². The van der Waals surface area contributed by atoms with E-state index in [1.807, 2.05) is 25.1 Å². The van der Waals surface area contributed by atoms with Crippen molar-refractivity contribution >= 4 is 5.91 Å². The van der Waals surface area contributed by atoms with Gasteiger partial charge in [-0.1, -0.05) is 13.0 Å². The molecule has 1 heterocycles. The average Bonchev–Trinajstić information content (AvgIpc) is 2.42. The highest BCUT2D eigenvalue weighted by molar-refractivity contribution is 5.76. The van der Waals surface area contributed by atoms with Crippen LogP contribution in [-0.4, -0.2) is 25.7 Å². The highest BCUT2D eigenvalue weighted by atomic mass is 16.6. The van der Waals surface area contributed by atoms with Crippen LogP contribution in [0.3, 0.4) is 0 Å². The summed E-state index contributed by atoms with van der Waals surface area (Å²) in [4.78, 5) is 11.5.